The number of hydrogen-bond donors (Lipinski definition) is 4. The van der Waals surface area contributed by atoms with Gasteiger partial charge in [0.25, 0.3) is 0 Å². The molecule has 11 heteroatoms. The second-order valence-electron chi connectivity index (χ2n) is 9.22. The Morgan fingerprint density at radius 1 is 1.13 bits per heavy atom. The standard InChI is InChI=1S/C28H35IN2O8/c1-17-4-6-18(7-5-17)14-31(25(34)16-37-2)22-12-20(28(36)30-8-9-32)13-23(26(22)35)39-27-21(29)10-19(15-33)11-24(27)38-3/h4-7,10-11,13,22-23,26,32-33,35H,8-9,12,14-16H2,1-3H3,(H,30,36)/t22-,23+,26+/m1/s1. The van der Waals surface area contributed by atoms with E-state index >= 15 is 0 Å². The summed E-state index contributed by atoms with van der Waals surface area (Å²) in [5.41, 5.74) is 2.86. The molecule has 0 spiro atoms. The van der Waals surface area contributed by atoms with Crippen molar-refractivity contribution in [2.45, 2.75) is 44.7 Å². The molecule has 1 aliphatic rings. The fourth-order valence-corrected chi connectivity index (χ4v) is 5.17. The minimum Gasteiger partial charge on any atom is -0.493 e. The summed E-state index contributed by atoms with van der Waals surface area (Å²) in [6.07, 6.45) is -0.619. The smallest absolute Gasteiger partial charge is 0.249 e. The van der Waals surface area contributed by atoms with Crippen molar-refractivity contribution in [2.75, 3.05) is 34.0 Å². The summed E-state index contributed by atoms with van der Waals surface area (Å²) in [7, 11) is 2.89. The Morgan fingerprint density at radius 2 is 1.85 bits per heavy atom. The van der Waals surface area contributed by atoms with Crippen molar-refractivity contribution in [3.63, 3.8) is 0 Å². The number of aliphatic hydroxyl groups is 3. The molecule has 0 saturated heterocycles. The second kappa shape index (κ2) is 14.6. The van der Waals surface area contributed by atoms with E-state index in [0.717, 1.165) is 11.1 Å². The Kier molecular flexibility index (Phi) is 11.5. The fourth-order valence-electron chi connectivity index (χ4n) is 4.38. The number of carbonyl (C=O) groups is 2. The summed E-state index contributed by atoms with van der Waals surface area (Å²) in [5, 5.41) is 33.0. The van der Waals surface area contributed by atoms with Crippen molar-refractivity contribution >= 4 is 34.4 Å². The van der Waals surface area contributed by atoms with E-state index in [9.17, 15) is 24.9 Å². The maximum Gasteiger partial charge on any atom is 0.249 e. The number of benzene rings is 2. The van der Waals surface area contributed by atoms with Crippen molar-refractivity contribution < 1.29 is 39.1 Å². The molecule has 0 aromatic heterocycles. The van der Waals surface area contributed by atoms with Crippen LogP contribution in [0.2, 0.25) is 0 Å². The zero-order valence-corrected chi connectivity index (χ0v) is 24.4. The zero-order valence-electron chi connectivity index (χ0n) is 22.2. The average molecular weight is 654 g/mol. The van der Waals surface area contributed by atoms with Gasteiger partial charge in [-0.15, -0.1) is 0 Å². The van der Waals surface area contributed by atoms with Gasteiger partial charge in [0.1, 0.15) is 18.8 Å². The van der Waals surface area contributed by atoms with Crippen LogP contribution in [0, 0.1) is 10.5 Å². The number of hydrogen-bond acceptors (Lipinski definition) is 8. The highest BCUT2D eigenvalue weighted by atomic mass is 127. The maximum atomic E-state index is 13.2. The van der Waals surface area contributed by atoms with Crippen LogP contribution in [0.5, 0.6) is 11.5 Å². The van der Waals surface area contributed by atoms with Gasteiger partial charge in [0, 0.05) is 32.2 Å². The van der Waals surface area contributed by atoms with Crippen molar-refractivity contribution in [3.8, 4) is 11.5 Å². The van der Waals surface area contributed by atoms with Crippen LogP contribution in [0.15, 0.2) is 48.0 Å². The Balaban J connectivity index is 2.02. The topological polar surface area (TPSA) is 138 Å². The molecular weight excluding hydrogens is 619 g/mol. The van der Waals surface area contributed by atoms with Gasteiger partial charge in [-0.3, -0.25) is 9.59 Å². The van der Waals surface area contributed by atoms with Crippen molar-refractivity contribution in [1.82, 2.24) is 10.2 Å². The monoisotopic (exact) mass is 654 g/mol. The summed E-state index contributed by atoms with van der Waals surface area (Å²) in [6, 6.07) is 10.2. The van der Waals surface area contributed by atoms with Gasteiger partial charge >= 0.3 is 0 Å². The number of aryl methyl sites for hydroxylation is 1. The molecule has 0 aliphatic heterocycles. The van der Waals surface area contributed by atoms with Crippen LogP contribution in [0.3, 0.4) is 0 Å². The average Bonchev–Trinajstić information content (AvgIpc) is 2.93. The first-order chi connectivity index (χ1) is 18.7. The van der Waals surface area contributed by atoms with Gasteiger partial charge in [0.05, 0.1) is 29.9 Å². The molecule has 0 unspecified atom stereocenters. The third-order valence-electron chi connectivity index (χ3n) is 6.40. The first-order valence-corrected chi connectivity index (χ1v) is 13.6. The largest absolute Gasteiger partial charge is 0.493 e. The highest BCUT2D eigenvalue weighted by Gasteiger charge is 2.41. The van der Waals surface area contributed by atoms with Gasteiger partial charge in [0.15, 0.2) is 11.5 Å². The summed E-state index contributed by atoms with van der Waals surface area (Å²) < 4.78 is 17.5. The number of halogens is 1. The Hall–Kier alpha value is -2.71. The van der Waals surface area contributed by atoms with Crippen LogP contribution in [0.25, 0.3) is 0 Å². The van der Waals surface area contributed by atoms with E-state index in [-0.39, 0.29) is 45.2 Å². The summed E-state index contributed by atoms with van der Waals surface area (Å²) in [5.74, 6) is -0.0923. The van der Waals surface area contributed by atoms with Crippen molar-refractivity contribution in [1.29, 1.82) is 0 Å². The molecule has 0 radical (unpaired) electrons. The summed E-state index contributed by atoms with van der Waals surface area (Å²) in [4.78, 5) is 27.7. The Labute approximate surface area is 241 Å². The number of nitrogens with zero attached hydrogens (tertiary/aromatic N) is 1. The lowest BCUT2D eigenvalue weighted by molar-refractivity contribution is -0.143. The van der Waals surface area contributed by atoms with Gasteiger partial charge in [-0.2, -0.15) is 0 Å². The molecule has 2 aromatic rings. The van der Waals surface area contributed by atoms with Crippen LogP contribution < -0.4 is 14.8 Å². The van der Waals surface area contributed by atoms with Crippen LogP contribution >= 0.6 is 22.6 Å². The Morgan fingerprint density at radius 3 is 2.46 bits per heavy atom. The first-order valence-electron chi connectivity index (χ1n) is 12.5. The predicted molar refractivity (Wildman–Crippen MR) is 152 cm³/mol. The highest BCUT2D eigenvalue weighted by Crippen LogP contribution is 2.37. The highest BCUT2D eigenvalue weighted by molar-refractivity contribution is 14.1. The minimum atomic E-state index is -1.20. The number of ether oxygens (including phenoxy) is 3. The van der Waals surface area contributed by atoms with Gasteiger partial charge < -0.3 is 39.7 Å². The van der Waals surface area contributed by atoms with E-state index in [4.69, 9.17) is 14.2 Å². The van der Waals surface area contributed by atoms with Gasteiger partial charge in [0.2, 0.25) is 11.8 Å². The van der Waals surface area contributed by atoms with E-state index < -0.39 is 24.2 Å². The van der Waals surface area contributed by atoms with Crippen molar-refractivity contribution in [3.05, 3.63) is 68.3 Å². The molecule has 212 valence electrons. The van der Waals surface area contributed by atoms with Crippen LogP contribution in [0.1, 0.15) is 23.1 Å². The van der Waals surface area contributed by atoms with Crippen LogP contribution in [0.4, 0.5) is 0 Å². The molecule has 2 amide bonds. The van der Waals surface area contributed by atoms with Crippen LogP contribution in [-0.2, 0) is 27.5 Å². The molecule has 39 heavy (non-hydrogen) atoms. The molecule has 0 saturated carbocycles. The second-order valence-corrected chi connectivity index (χ2v) is 10.4. The van der Waals surface area contributed by atoms with Crippen LogP contribution in [-0.4, -0.2) is 84.3 Å². The predicted octanol–water partition coefficient (Wildman–Crippen LogP) is 1.69. The van der Waals surface area contributed by atoms with E-state index in [1.54, 1.807) is 12.1 Å². The van der Waals surface area contributed by atoms with E-state index in [1.807, 2.05) is 53.8 Å². The third-order valence-corrected chi connectivity index (χ3v) is 7.20. The number of nitrogens with one attached hydrogen (secondary N) is 1. The summed E-state index contributed by atoms with van der Waals surface area (Å²) in [6.45, 7) is 1.59. The number of carbonyl (C=O) groups excluding carboxylic acids is 2. The van der Waals surface area contributed by atoms with E-state index in [2.05, 4.69) is 5.32 Å². The van der Waals surface area contributed by atoms with Gasteiger partial charge in [-0.25, -0.2) is 0 Å². The minimum absolute atomic E-state index is 0.0545. The third kappa shape index (κ3) is 7.92. The normalized spacial score (nSPS) is 18.7. The quantitative estimate of drug-likeness (QED) is 0.254. The number of methoxy groups -OCH3 is 2. The molecule has 0 fully saturated rings. The maximum absolute atomic E-state index is 13.2. The zero-order chi connectivity index (χ0) is 28.5. The van der Waals surface area contributed by atoms with Crippen molar-refractivity contribution in [2.24, 2.45) is 0 Å². The molecule has 1 aliphatic carbocycles. The number of aliphatic hydroxyl groups excluding tert-OH is 3. The number of rotatable bonds is 12. The molecule has 4 N–H and O–H groups in total. The van der Waals surface area contributed by atoms with Gasteiger partial charge in [-0.05, 0) is 58.9 Å². The summed E-state index contributed by atoms with van der Waals surface area (Å²) >= 11 is 2.05. The molecular formula is C28H35IN2O8. The lowest BCUT2D eigenvalue weighted by Crippen LogP contribution is -2.55. The molecule has 3 rings (SSSR count). The SMILES string of the molecule is COCC(=O)N(Cc1ccc(C)cc1)[C@@H]1CC(C(=O)NCCO)=C[C@H](Oc2c(I)cc(CO)cc2OC)[C@H]1O. The lowest BCUT2D eigenvalue weighted by atomic mass is 9.87. The molecule has 3 atom stereocenters. The fraction of sp³-hybridized carbons (Fsp3) is 0.429. The lowest BCUT2D eigenvalue weighted by Gasteiger charge is -2.40. The van der Waals surface area contributed by atoms with Gasteiger partial charge in [-0.1, -0.05) is 29.8 Å². The molecule has 10 nitrogen and oxygen atoms in total. The molecule has 0 bridgehead atoms. The van der Waals surface area contributed by atoms with E-state index in [0.29, 0.717) is 26.2 Å². The van der Waals surface area contributed by atoms with E-state index in [1.165, 1.54) is 25.2 Å². The molecule has 2 aromatic carbocycles. The molecule has 0 heterocycles. The Bertz CT molecular complexity index is 1170. The first kappa shape index (κ1) is 30.8. The number of amides is 2.